The summed E-state index contributed by atoms with van der Waals surface area (Å²) in [5, 5.41) is 5.97. The first-order chi connectivity index (χ1) is 12.6. The van der Waals surface area contributed by atoms with E-state index in [-0.39, 0.29) is 17.9 Å². The third-order valence-electron chi connectivity index (χ3n) is 5.12. The third-order valence-corrected chi connectivity index (χ3v) is 6.25. The van der Waals surface area contributed by atoms with Crippen LogP contribution in [-0.4, -0.2) is 42.4 Å². The molecule has 3 heterocycles. The highest BCUT2D eigenvalue weighted by molar-refractivity contribution is 7.17. The van der Waals surface area contributed by atoms with Gasteiger partial charge in [-0.3, -0.25) is 9.59 Å². The van der Waals surface area contributed by atoms with Crippen LogP contribution >= 0.6 is 11.3 Å². The van der Waals surface area contributed by atoms with E-state index in [9.17, 15) is 9.59 Å². The van der Waals surface area contributed by atoms with E-state index in [1.165, 1.54) is 37.8 Å². The molecule has 0 spiro atoms. The molecular weight excluding hydrogens is 346 g/mol. The molecule has 4 rings (SSSR count). The van der Waals surface area contributed by atoms with E-state index in [2.05, 4.69) is 15.5 Å². The van der Waals surface area contributed by atoms with Crippen molar-refractivity contribution in [2.75, 3.05) is 25.0 Å². The average Bonchev–Trinajstić information content (AvgIpc) is 3.22. The maximum atomic E-state index is 12.6. The van der Waals surface area contributed by atoms with Crippen LogP contribution in [0.5, 0.6) is 0 Å². The first kappa shape index (κ1) is 17.2. The van der Waals surface area contributed by atoms with Gasteiger partial charge in [-0.25, -0.2) is 0 Å². The lowest BCUT2D eigenvalue weighted by Crippen LogP contribution is -2.46. The maximum absolute atomic E-state index is 12.6. The highest BCUT2D eigenvalue weighted by atomic mass is 32.1. The summed E-state index contributed by atoms with van der Waals surface area (Å²) in [5.74, 6) is 0.694. The normalized spacial score (nSPS) is 24.3. The monoisotopic (exact) mass is 369 g/mol. The molecule has 26 heavy (non-hydrogen) atoms. The number of fused-ring (bicyclic) bond motifs is 2. The first-order valence-corrected chi connectivity index (χ1v) is 9.89. The lowest BCUT2D eigenvalue weighted by Gasteiger charge is -2.30. The Morgan fingerprint density at radius 1 is 1.12 bits per heavy atom. The van der Waals surface area contributed by atoms with Crippen molar-refractivity contribution in [2.45, 2.75) is 25.8 Å². The van der Waals surface area contributed by atoms with Gasteiger partial charge in [-0.05, 0) is 55.1 Å². The van der Waals surface area contributed by atoms with Gasteiger partial charge in [0.2, 0.25) is 5.91 Å². The summed E-state index contributed by atoms with van der Waals surface area (Å²) in [6.07, 6.45) is 2.37. The predicted octanol–water partition coefficient (Wildman–Crippen LogP) is 3.20. The van der Waals surface area contributed by atoms with Gasteiger partial charge in [-0.15, -0.1) is 11.3 Å². The van der Waals surface area contributed by atoms with Gasteiger partial charge in [0.1, 0.15) is 0 Å². The topological polar surface area (TPSA) is 61.4 Å². The van der Waals surface area contributed by atoms with Crippen LogP contribution in [0.15, 0.2) is 36.4 Å². The van der Waals surface area contributed by atoms with Gasteiger partial charge in [0.15, 0.2) is 0 Å². The largest absolute Gasteiger partial charge is 0.347 e. The minimum atomic E-state index is -0.0830. The summed E-state index contributed by atoms with van der Waals surface area (Å²) < 4.78 is 0. The Hall–Kier alpha value is -2.18. The van der Waals surface area contributed by atoms with Crippen LogP contribution in [0.3, 0.4) is 0 Å². The number of amides is 2. The molecule has 1 aromatic heterocycles. The zero-order valence-electron chi connectivity index (χ0n) is 14.8. The summed E-state index contributed by atoms with van der Waals surface area (Å²) in [6.45, 7) is 4.84. The standard InChI is InChI=1S/C20H23N3O2S/c1-13(24)21-16-4-2-15(3-5-16)18-6-7-19(26-18)20(25)22-17-10-14-8-9-23(11-14)12-17/h2-7,14,17H,8-12H2,1H3,(H,21,24)(H,22,25)/t14-,17+/m1/s1. The molecule has 0 aliphatic carbocycles. The lowest BCUT2D eigenvalue weighted by atomic mass is 9.97. The maximum Gasteiger partial charge on any atom is 0.261 e. The van der Waals surface area contributed by atoms with Gasteiger partial charge < -0.3 is 15.5 Å². The Labute approximate surface area is 157 Å². The van der Waals surface area contributed by atoms with Gasteiger partial charge in [0, 0.05) is 36.6 Å². The van der Waals surface area contributed by atoms with Crippen molar-refractivity contribution in [3.63, 3.8) is 0 Å². The van der Waals surface area contributed by atoms with E-state index in [1.807, 2.05) is 36.4 Å². The van der Waals surface area contributed by atoms with Crippen molar-refractivity contribution in [3.8, 4) is 10.4 Å². The average molecular weight is 369 g/mol. The molecule has 0 saturated carbocycles. The SMILES string of the molecule is CC(=O)Nc1ccc(-c2ccc(C(=O)N[C@H]3C[C@H]4CCN(C4)C3)s2)cc1. The van der Waals surface area contributed by atoms with Crippen molar-refractivity contribution in [3.05, 3.63) is 41.3 Å². The summed E-state index contributed by atoms with van der Waals surface area (Å²) in [7, 11) is 0. The number of nitrogens with one attached hydrogen (secondary N) is 2. The molecule has 5 nitrogen and oxygen atoms in total. The molecule has 6 heteroatoms. The number of thiophene rings is 1. The van der Waals surface area contributed by atoms with Crippen molar-refractivity contribution >= 4 is 28.8 Å². The summed E-state index contributed by atoms with van der Waals surface area (Å²) >= 11 is 1.51. The Kier molecular flexibility index (Phi) is 4.78. The molecule has 1 unspecified atom stereocenters. The molecule has 2 aromatic rings. The van der Waals surface area contributed by atoms with E-state index in [0.717, 1.165) is 39.9 Å². The van der Waals surface area contributed by atoms with Crippen molar-refractivity contribution in [1.82, 2.24) is 10.2 Å². The highest BCUT2D eigenvalue weighted by Crippen LogP contribution is 2.30. The second-order valence-electron chi connectivity index (χ2n) is 7.24. The molecular formula is C20H23N3O2S. The summed E-state index contributed by atoms with van der Waals surface area (Å²) in [5.41, 5.74) is 1.82. The van der Waals surface area contributed by atoms with Crippen molar-refractivity contribution in [2.24, 2.45) is 5.92 Å². The number of rotatable bonds is 4. The van der Waals surface area contributed by atoms with Crippen LogP contribution in [0.25, 0.3) is 10.4 Å². The number of piperidine rings is 1. The van der Waals surface area contributed by atoms with Crippen LogP contribution in [-0.2, 0) is 4.79 Å². The fourth-order valence-electron chi connectivity index (χ4n) is 3.96. The summed E-state index contributed by atoms with van der Waals surface area (Å²) in [4.78, 5) is 28.0. The molecule has 2 aliphatic rings. The Morgan fingerprint density at radius 2 is 1.92 bits per heavy atom. The molecule has 3 atom stereocenters. The second-order valence-corrected chi connectivity index (χ2v) is 8.33. The van der Waals surface area contributed by atoms with Crippen LogP contribution in [0.2, 0.25) is 0 Å². The molecule has 2 aliphatic heterocycles. The van der Waals surface area contributed by atoms with Gasteiger partial charge in [-0.2, -0.15) is 0 Å². The summed E-state index contributed by atoms with van der Waals surface area (Å²) in [6, 6.07) is 11.8. The number of carbonyl (C=O) groups is 2. The van der Waals surface area contributed by atoms with E-state index >= 15 is 0 Å². The Balaban J connectivity index is 1.40. The second kappa shape index (κ2) is 7.21. The predicted molar refractivity (Wildman–Crippen MR) is 104 cm³/mol. The minimum Gasteiger partial charge on any atom is -0.347 e. The van der Waals surface area contributed by atoms with Gasteiger partial charge >= 0.3 is 0 Å². The van der Waals surface area contributed by atoms with Crippen molar-refractivity contribution in [1.29, 1.82) is 0 Å². The lowest BCUT2D eigenvalue weighted by molar-refractivity contribution is -0.114. The molecule has 2 fully saturated rings. The number of hydrogen-bond donors (Lipinski definition) is 2. The number of benzene rings is 1. The molecule has 2 N–H and O–H groups in total. The Morgan fingerprint density at radius 3 is 2.65 bits per heavy atom. The molecule has 2 bridgehead atoms. The van der Waals surface area contributed by atoms with Crippen LogP contribution < -0.4 is 10.6 Å². The smallest absolute Gasteiger partial charge is 0.261 e. The van der Waals surface area contributed by atoms with E-state index in [0.29, 0.717) is 0 Å². The molecule has 2 saturated heterocycles. The van der Waals surface area contributed by atoms with Crippen LogP contribution in [0, 0.1) is 5.92 Å². The quantitative estimate of drug-likeness (QED) is 0.870. The van der Waals surface area contributed by atoms with Crippen molar-refractivity contribution < 1.29 is 9.59 Å². The van der Waals surface area contributed by atoms with Crippen LogP contribution in [0.1, 0.15) is 29.4 Å². The Bertz CT molecular complexity index is 803. The number of carbonyl (C=O) groups excluding carboxylic acids is 2. The van der Waals surface area contributed by atoms with E-state index in [1.54, 1.807) is 0 Å². The van der Waals surface area contributed by atoms with Gasteiger partial charge in [0.25, 0.3) is 5.91 Å². The fraction of sp³-hybridized carbons (Fsp3) is 0.400. The number of hydrogen-bond acceptors (Lipinski definition) is 4. The van der Waals surface area contributed by atoms with E-state index in [4.69, 9.17) is 0 Å². The van der Waals surface area contributed by atoms with Gasteiger partial charge in [-0.1, -0.05) is 12.1 Å². The van der Waals surface area contributed by atoms with Gasteiger partial charge in [0.05, 0.1) is 4.88 Å². The highest BCUT2D eigenvalue weighted by Gasteiger charge is 2.33. The first-order valence-electron chi connectivity index (χ1n) is 9.08. The van der Waals surface area contributed by atoms with E-state index < -0.39 is 0 Å². The zero-order valence-corrected chi connectivity index (χ0v) is 15.6. The molecule has 0 radical (unpaired) electrons. The van der Waals surface area contributed by atoms with Crippen LogP contribution in [0.4, 0.5) is 5.69 Å². The fourth-order valence-corrected chi connectivity index (χ4v) is 4.87. The molecule has 1 aromatic carbocycles. The third kappa shape index (κ3) is 3.81. The molecule has 2 amide bonds. The number of anilines is 1. The number of nitrogens with zero attached hydrogens (tertiary/aromatic N) is 1. The molecule has 136 valence electrons. The zero-order chi connectivity index (χ0) is 18.1. The minimum absolute atomic E-state index is 0.0311.